The Labute approximate surface area is 83.0 Å². The van der Waals surface area contributed by atoms with Crippen LogP contribution in [-0.4, -0.2) is 16.6 Å². The number of alkyl halides is 1. The van der Waals surface area contributed by atoms with Gasteiger partial charge in [-0.25, -0.2) is 0 Å². The first kappa shape index (κ1) is 9.78. The van der Waals surface area contributed by atoms with Gasteiger partial charge in [0, 0.05) is 4.43 Å². The molecule has 1 nitrogen and oxygen atoms in total. The second-order valence-corrected chi connectivity index (χ2v) is 4.24. The summed E-state index contributed by atoms with van der Waals surface area (Å²) in [5, 5.41) is 0. The Morgan fingerprint density at radius 3 is 2.55 bits per heavy atom. The third kappa shape index (κ3) is 3.74. The van der Waals surface area contributed by atoms with Crippen LogP contribution < -0.4 is 0 Å². The van der Waals surface area contributed by atoms with Crippen LogP contribution in [-0.2, 0) is 4.74 Å². The normalized spacial score (nSPS) is 23.5. The van der Waals surface area contributed by atoms with Crippen LogP contribution in [0.1, 0.15) is 39.0 Å². The molecule has 0 radical (unpaired) electrons. The van der Waals surface area contributed by atoms with Crippen LogP contribution >= 0.6 is 22.6 Å². The van der Waals surface area contributed by atoms with Crippen LogP contribution in [0.2, 0.25) is 0 Å². The molecule has 1 unspecified atom stereocenters. The molecular weight excluding hydrogens is 251 g/mol. The molecule has 11 heavy (non-hydrogen) atoms. The molecule has 0 aromatic heterocycles. The van der Waals surface area contributed by atoms with Gasteiger partial charge in [0.2, 0.25) is 0 Å². The second kappa shape index (κ2) is 5.36. The summed E-state index contributed by atoms with van der Waals surface area (Å²) in [6.07, 6.45) is 7.78. The lowest BCUT2D eigenvalue weighted by molar-refractivity contribution is -0.00824. The Hall–Kier alpha value is 0.690. The highest BCUT2D eigenvalue weighted by molar-refractivity contribution is 14.1. The maximum absolute atomic E-state index is 5.83. The van der Waals surface area contributed by atoms with E-state index in [-0.39, 0.29) is 0 Å². The molecule has 0 N–H and O–H groups in total. The van der Waals surface area contributed by atoms with Crippen molar-refractivity contribution in [2.75, 3.05) is 4.43 Å². The van der Waals surface area contributed by atoms with Gasteiger partial charge in [0.25, 0.3) is 0 Å². The van der Waals surface area contributed by atoms with Crippen LogP contribution in [0.4, 0.5) is 0 Å². The summed E-state index contributed by atoms with van der Waals surface area (Å²) in [7, 11) is 0. The van der Waals surface area contributed by atoms with Crippen molar-refractivity contribution in [1.29, 1.82) is 0 Å². The zero-order chi connectivity index (χ0) is 8.10. The van der Waals surface area contributed by atoms with E-state index in [0.29, 0.717) is 12.2 Å². The fourth-order valence-electron chi connectivity index (χ4n) is 1.57. The molecule has 0 aliphatic heterocycles. The molecule has 1 rings (SSSR count). The summed E-state index contributed by atoms with van der Waals surface area (Å²) < 4.78 is 6.95. The maximum Gasteiger partial charge on any atom is 0.0640 e. The van der Waals surface area contributed by atoms with E-state index in [2.05, 4.69) is 29.5 Å². The predicted molar refractivity (Wildman–Crippen MR) is 56.3 cm³/mol. The van der Waals surface area contributed by atoms with Crippen LogP contribution in [0.25, 0.3) is 0 Å². The lowest BCUT2D eigenvalue weighted by Gasteiger charge is -2.24. The minimum absolute atomic E-state index is 0.457. The first-order chi connectivity index (χ1) is 5.33. The van der Waals surface area contributed by atoms with Gasteiger partial charge in [-0.2, -0.15) is 0 Å². The van der Waals surface area contributed by atoms with Crippen molar-refractivity contribution in [3.05, 3.63) is 0 Å². The fraction of sp³-hybridized carbons (Fsp3) is 1.00. The summed E-state index contributed by atoms with van der Waals surface area (Å²) >= 11 is 2.38. The Bertz CT molecular complexity index is 99.7. The van der Waals surface area contributed by atoms with Gasteiger partial charge >= 0.3 is 0 Å². The van der Waals surface area contributed by atoms with E-state index in [1.165, 1.54) is 32.1 Å². The summed E-state index contributed by atoms with van der Waals surface area (Å²) in [5.74, 6) is 0. The van der Waals surface area contributed by atoms with Crippen LogP contribution in [0.5, 0.6) is 0 Å². The summed E-state index contributed by atoms with van der Waals surface area (Å²) in [6.45, 7) is 2.17. The van der Waals surface area contributed by atoms with Gasteiger partial charge in [-0.3, -0.25) is 0 Å². The van der Waals surface area contributed by atoms with Crippen LogP contribution in [0.15, 0.2) is 0 Å². The summed E-state index contributed by atoms with van der Waals surface area (Å²) in [6, 6.07) is 0. The Morgan fingerprint density at radius 1 is 1.36 bits per heavy atom. The number of rotatable bonds is 3. The van der Waals surface area contributed by atoms with Crippen LogP contribution in [0.3, 0.4) is 0 Å². The van der Waals surface area contributed by atoms with E-state index < -0.39 is 0 Å². The average molecular weight is 268 g/mol. The molecule has 1 atom stereocenters. The van der Waals surface area contributed by atoms with E-state index in [0.717, 1.165) is 4.43 Å². The van der Waals surface area contributed by atoms with Gasteiger partial charge in [0.15, 0.2) is 0 Å². The molecule has 0 heterocycles. The Balaban J connectivity index is 2.13. The predicted octanol–water partition coefficient (Wildman–Crippen LogP) is 3.16. The van der Waals surface area contributed by atoms with Gasteiger partial charge in [0.1, 0.15) is 0 Å². The van der Waals surface area contributed by atoms with Crippen molar-refractivity contribution in [3.8, 4) is 0 Å². The minimum Gasteiger partial charge on any atom is -0.374 e. The van der Waals surface area contributed by atoms with E-state index in [4.69, 9.17) is 4.74 Å². The molecule has 1 fully saturated rings. The molecule has 0 aromatic carbocycles. The monoisotopic (exact) mass is 268 g/mol. The number of ether oxygens (including phenoxy) is 1. The lowest BCUT2D eigenvalue weighted by atomic mass is 9.98. The van der Waals surface area contributed by atoms with Gasteiger partial charge in [-0.15, -0.1) is 0 Å². The third-order valence-electron chi connectivity index (χ3n) is 2.19. The molecule has 0 bridgehead atoms. The molecule has 1 aliphatic rings. The smallest absolute Gasteiger partial charge is 0.0640 e. The van der Waals surface area contributed by atoms with Crippen molar-refractivity contribution in [1.82, 2.24) is 0 Å². The molecular formula is C9H17IO. The van der Waals surface area contributed by atoms with E-state index in [1.807, 2.05) is 0 Å². The van der Waals surface area contributed by atoms with E-state index in [1.54, 1.807) is 0 Å². The van der Waals surface area contributed by atoms with Gasteiger partial charge in [-0.05, 0) is 19.8 Å². The van der Waals surface area contributed by atoms with Crippen molar-refractivity contribution >= 4 is 22.6 Å². The zero-order valence-electron chi connectivity index (χ0n) is 7.18. The maximum atomic E-state index is 5.83. The molecule has 0 aromatic rings. The summed E-state index contributed by atoms with van der Waals surface area (Å²) in [4.78, 5) is 0. The highest BCUT2D eigenvalue weighted by atomic mass is 127. The molecule has 1 aliphatic carbocycles. The number of hydrogen-bond acceptors (Lipinski definition) is 1. The molecule has 0 amide bonds. The van der Waals surface area contributed by atoms with Crippen molar-refractivity contribution in [2.24, 2.45) is 0 Å². The topological polar surface area (TPSA) is 9.23 Å². The van der Waals surface area contributed by atoms with Gasteiger partial charge in [0.05, 0.1) is 12.2 Å². The zero-order valence-corrected chi connectivity index (χ0v) is 9.34. The van der Waals surface area contributed by atoms with E-state index in [9.17, 15) is 0 Å². The second-order valence-electron chi connectivity index (χ2n) is 3.36. The fourth-order valence-corrected chi connectivity index (χ4v) is 1.77. The lowest BCUT2D eigenvalue weighted by Crippen LogP contribution is -2.23. The average Bonchev–Trinajstić information content (AvgIpc) is 2.06. The molecule has 1 saturated carbocycles. The molecule has 2 heteroatoms. The largest absolute Gasteiger partial charge is 0.374 e. The van der Waals surface area contributed by atoms with Crippen LogP contribution in [0, 0.1) is 0 Å². The third-order valence-corrected chi connectivity index (χ3v) is 3.43. The Morgan fingerprint density at radius 2 is 2.00 bits per heavy atom. The van der Waals surface area contributed by atoms with E-state index >= 15 is 0 Å². The highest BCUT2D eigenvalue weighted by Crippen LogP contribution is 2.21. The number of halogens is 1. The van der Waals surface area contributed by atoms with Crippen molar-refractivity contribution in [2.45, 2.75) is 51.2 Å². The minimum atomic E-state index is 0.457. The van der Waals surface area contributed by atoms with Crippen molar-refractivity contribution in [3.63, 3.8) is 0 Å². The van der Waals surface area contributed by atoms with Crippen molar-refractivity contribution < 1.29 is 4.74 Å². The van der Waals surface area contributed by atoms with Gasteiger partial charge in [-0.1, -0.05) is 41.9 Å². The SMILES string of the molecule is CC(CI)OC1CCCCC1. The quantitative estimate of drug-likeness (QED) is 0.564. The highest BCUT2D eigenvalue weighted by Gasteiger charge is 2.15. The first-order valence-electron chi connectivity index (χ1n) is 4.54. The standard InChI is InChI=1S/C9H17IO/c1-8(7-10)11-9-5-3-2-4-6-9/h8-9H,2-7H2,1H3. The summed E-state index contributed by atoms with van der Waals surface area (Å²) in [5.41, 5.74) is 0. The first-order valence-corrected chi connectivity index (χ1v) is 6.07. The van der Waals surface area contributed by atoms with Gasteiger partial charge < -0.3 is 4.74 Å². The Kier molecular flexibility index (Phi) is 4.76. The molecule has 0 saturated heterocycles. The number of hydrogen-bond donors (Lipinski definition) is 0. The molecule has 66 valence electrons. The molecule has 0 spiro atoms.